The Morgan fingerprint density at radius 3 is 2.48 bits per heavy atom. The molecule has 2 fully saturated rings. The fourth-order valence-corrected chi connectivity index (χ4v) is 3.74. The number of amides is 1. The molecule has 4 heteroatoms. The van der Waals surface area contributed by atoms with Crippen LogP contribution in [0.15, 0.2) is 37.1 Å². The molecule has 1 heterocycles. The van der Waals surface area contributed by atoms with Crippen LogP contribution >= 0.6 is 0 Å². The van der Waals surface area contributed by atoms with Gasteiger partial charge in [0, 0.05) is 24.6 Å². The van der Waals surface area contributed by atoms with Gasteiger partial charge >= 0.3 is 6.09 Å². The zero-order chi connectivity index (χ0) is 18.9. The second-order valence-corrected chi connectivity index (χ2v) is 7.42. The average Bonchev–Trinajstić information content (AvgIpc) is 2.73. The molecule has 3 rings (SSSR count). The van der Waals surface area contributed by atoms with Crippen LogP contribution in [0, 0.1) is 23.7 Å². The molecule has 0 radical (unpaired) electrons. The lowest BCUT2D eigenvalue weighted by atomic mass is 9.90. The Morgan fingerprint density at radius 1 is 1.11 bits per heavy atom. The van der Waals surface area contributed by atoms with Crippen LogP contribution in [0.5, 0.6) is 5.75 Å². The zero-order valence-electron chi connectivity index (χ0n) is 16.0. The molecular formula is C23H29NO3. The van der Waals surface area contributed by atoms with E-state index in [1.807, 2.05) is 24.3 Å². The maximum Gasteiger partial charge on any atom is 0.414 e. The molecule has 1 saturated carbocycles. The van der Waals surface area contributed by atoms with Crippen LogP contribution in [0.4, 0.5) is 4.79 Å². The number of carbonyl (C=O) groups excluding carboxylic acids is 1. The molecule has 1 aliphatic heterocycles. The van der Waals surface area contributed by atoms with Crippen LogP contribution in [-0.2, 0) is 4.74 Å². The Bertz CT molecular complexity index is 672. The molecule has 1 aromatic carbocycles. The summed E-state index contributed by atoms with van der Waals surface area (Å²) < 4.78 is 10.8. The molecule has 2 aliphatic rings. The highest BCUT2D eigenvalue weighted by Gasteiger charge is 2.22. The van der Waals surface area contributed by atoms with Crippen molar-refractivity contribution in [3.05, 3.63) is 42.7 Å². The molecule has 1 aromatic rings. The van der Waals surface area contributed by atoms with E-state index in [2.05, 4.69) is 18.4 Å². The highest BCUT2D eigenvalue weighted by molar-refractivity contribution is 5.68. The summed E-state index contributed by atoms with van der Waals surface area (Å²) in [5, 5.41) is 0. The molecule has 0 N–H and O–H groups in total. The van der Waals surface area contributed by atoms with E-state index < -0.39 is 0 Å². The molecule has 0 atom stereocenters. The first-order valence-electron chi connectivity index (χ1n) is 10.1. The Balaban J connectivity index is 1.43. The van der Waals surface area contributed by atoms with Crippen LogP contribution in [0.3, 0.4) is 0 Å². The van der Waals surface area contributed by atoms with Crippen molar-refractivity contribution >= 4 is 6.09 Å². The van der Waals surface area contributed by atoms with Crippen molar-refractivity contribution in [2.24, 2.45) is 11.8 Å². The first-order valence-corrected chi connectivity index (χ1v) is 10.1. The summed E-state index contributed by atoms with van der Waals surface area (Å²) in [5.41, 5.74) is 1.01. The molecule has 0 aromatic heterocycles. The second-order valence-electron chi connectivity index (χ2n) is 7.42. The van der Waals surface area contributed by atoms with Gasteiger partial charge in [0.05, 0.1) is 12.9 Å². The summed E-state index contributed by atoms with van der Waals surface area (Å²) in [4.78, 5) is 13.4. The van der Waals surface area contributed by atoms with Crippen molar-refractivity contribution in [1.29, 1.82) is 0 Å². The fraction of sp³-hybridized carbons (Fsp3) is 0.522. The molecule has 1 amide bonds. The Kier molecular flexibility index (Phi) is 7.21. The van der Waals surface area contributed by atoms with Crippen molar-refractivity contribution in [3.8, 4) is 17.6 Å². The predicted molar refractivity (Wildman–Crippen MR) is 106 cm³/mol. The minimum Gasteiger partial charge on any atom is -0.493 e. The van der Waals surface area contributed by atoms with Crippen molar-refractivity contribution < 1.29 is 14.3 Å². The largest absolute Gasteiger partial charge is 0.493 e. The van der Waals surface area contributed by atoms with Gasteiger partial charge in [-0.2, -0.15) is 0 Å². The van der Waals surface area contributed by atoms with E-state index >= 15 is 0 Å². The number of benzene rings is 1. The van der Waals surface area contributed by atoms with E-state index in [1.54, 1.807) is 4.90 Å². The second kappa shape index (κ2) is 10.1. The number of likely N-dealkylation sites (tertiary alicyclic amines) is 1. The first-order chi connectivity index (χ1) is 13.2. The van der Waals surface area contributed by atoms with Crippen LogP contribution in [0.1, 0.15) is 50.5 Å². The predicted octanol–water partition coefficient (Wildman–Crippen LogP) is 4.99. The molecular weight excluding hydrogens is 338 g/mol. The number of ether oxygens (including phenoxy) is 2. The van der Waals surface area contributed by atoms with Gasteiger partial charge in [-0.3, -0.25) is 0 Å². The standard InChI is InChI=1S/C23H29NO3/c1-2-26-23(25)24-16-14-20(15-17-24)9-8-19-10-12-22(13-11-19)27-18-21-6-4-3-5-7-21/h2,10-13,20-21H,1,3-7,14-18H2. The van der Waals surface area contributed by atoms with Gasteiger partial charge in [-0.1, -0.05) is 37.7 Å². The third kappa shape index (κ3) is 6.06. The summed E-state index contributed by atoms with van der Waals surface area (Å²) in [7, 11) is 0. The van der Waals surface area contributed by atoms with Crippen molar-refractivity contribution in [1.82, 2.24) is 4.90 Å². The number of carbonyl (C=O) groups is 1. The van der Waals surface area contributed by atoms with Crippen LogP contribution in [0.25, 0.3) is 0 Å². The summed E-state index contributed by atoms with van der Waals surface area (Å²) in [6.07, 6.45) is 9.28. The van der Waals surface area contributed by atoms with Crippen molar-refractivity contribution in [2.45, 2.75) is 44.9 Å². The molecule has 27 heavy (non-hydrogen) atoms. The summed E-state index contributed by atoms with van der Waals surface area (Å²) in [6, 6.07) is 8.08. The highest BCUT2D eigenvalue weighted by atomic mass is 16.5. The lowest BCUT2D eigenvalue weighted by Gasteiger charge is -2.28. The topological polar surface area (TPSA) is 38.8 Å². The third-order valence-corrected chi connectivity index (χ3v) is 5.42. The van der Waals surface area contributed by atoms with Gasteiger partial charge in [-0.15, -0.1) is 0 Å². The van der Waals surface area contributed by atoms with Gasteiger partial charge in [0.2, 0.25) is 0 Å². The number of rotatable bonds is 4. The van der Waals surface area contributed by atoms with Crippen LogP contribution in [0.2, 0.25) is 0 Å². The van der Waals surface area contributed by atoms with E-state index in [9.17, 15) is 4.79 Å². The Hall–Kier alpha value is -2.41. The smallest absolute Gasteiger partial charge is 0.414 e. The minimum absolute atomic E-state index is 0.319. The fourth-order valence-electron chi connectivity index (χ4n) is 3.74. The van der Waals surface area contributed by atoms with Gasteiger partial charge in [-0.25, -0.2) is 4.79 Å². The average molecular weight is 367 g/mol. The number of hydrogen-bond acceptors (Lipinski definition) is 3. The normalized spacial score (nSPS) is 18.3. The molecule has 0 bridgehead atoms. The maximum absolute atomic E-state index is 11.7. The van der Waals surface area contributed by atoms with E-state index in [-0.39, 0.29) is 6.09 Å². The lowest BCUT2D eigenvalue weighted by Crippen LogP contribution is -2.37. The summed E-state index contributed by atoms with van der Waals surface area (Å²) >= 11 is 0. The minimum atomic E-state index is -0.319. The number of nitrogens with zero attached hydrogens (tertiary/aromatic N) is 1. The summed E-state index contributed by atoms with van der Waals surface area (Å²) in [6.45, 7) is 5.61. The summed E-state index contributed by atoms with van der Waals surface area (Å²) in [5.74, 6) is 8.57. The maximum atomic E-state index is 11.7. The monoisotopic (exact) mass is 367 g/mol. The van der Waals surface area contributed by atoms with Crippen molar-refractivity contribution in [3.63, 3.8) is 0 Å². The number of hydrogen-bond donors (Lipinski definition) is 0. The zero-order valence-corrected chi connectivity index (χ0v) is 16.0. The first kappa shape index (κ1) is 19.4. The molecule has 144 valence electrons. The number of piperidine rings is 1. The van der Waals surface area contributed by atoms with Crippen LogP contribution in [-0.4, -0.2) is 30.7 Å². The van der Waals surface area contributed by atoms with Gasteiger partial charge in [0.1, 0.15) is 5.75 Å². The molecule has 1 aliphatic carbocycles. The van der Waals surface area contributed by atoms with E-state index in [4.69, 9.17) is 9.47 Å². The quantitative estimate of drug-likeness (QED) is 0.556. The Morgan fingerprint density at radius 2 is 1.81 bits per heavy atom. The lowest BCUT2D eigenvalue weighted by molar-refractivity contribution is 0.123. The Labute approximate surface area is 162 Å². The highest BCUT2D eigenvalue weighted by Crippen LogP contribution is 2.24. The van der Waals surface area contributed by atoms with Gasteiger partial charge in [0.25, 0.3) is 0 Å². The van der Waals surface area contributed by atoms with E-state index in [0.717, 1.165) is 30.8 Å². The van der Waals surface area contributed by atoms with E-state index in [1.165, 1.54) is 38.4 Å². The van der Waals surface area contributed by atoms with Gasteiger partial charge in [0.15, 0.2) is 0 Å². The SMILES string of the molecule is C=COC(=O)N1CCC(C#Cc2ccc(OCC3CCCCC3)cc2)CC1. The third-order valence-electron chi connectivity index (χ3n) is 5.42. The molecule has 4 nitrogen and oxygen atoms in total. The van der Waals surface area contributed by atoms with Gasteiger partial charge in [-0.05, 0) is 55.9 Å². The van der Waals surface area contributed by atoms with E-state index in [0.29, 0.717) is 24.9 Å². The molecule has 0 spiro atoms. The molecule has 0 unspecified atom stereocenters. The van der Waals surface area contributed by atoms with Crippen molar-refractivity contribution in [2.75, 3.05) is 19.7 Å². The van der Waals surface area contributed by atoms with Gasteiger partial charge < -0.3 is 14.4 Å². The molecule has 1 saturated heterocycles. The van der Waals surface area contributed by atoms with Crippen LogP contribution < -0.4 is 4.74 Å².